The highest BCUT2D eigenvalue weighted by Gasteiger charge is 2.22. The average Bonchev–Trinajstić information content (AvgIpc) is 2.79. The van der Waals surface area contributed by atoms with Gasteiger partial charge in [0.2, 0.25) is 5.91 Å². The molecule has 1 amide bonds. The molecule has 0 radical (unpaired) electrons. The molecule has 0 spiro atoms. The Morgan fingerprint density at radius 3 is 2.18 bits per heavy atom. The van der Waals surface area contributed by atoms with Gasteiger partial charge in [-0.2, -0.15) is 0 Å². The lowest BCUT2D eigenvalue weighted by atomic mass is 10.00. The highest BCUT2D eigenvalue weighted by atomic mass is 32.2. The van der Waals surface area contributed by atoms with E-state index in [0.29, 0.717) is 12.1 Å². The zero-order valence-corrected chi connectivity index (χ0v) is 20.2. The zero-order chi connectivity index (χ0) is 24.5. The SMILES string of the molecule is CSc1ccc(CC(=O)N[C@@H](Cc2cc(F)cc(F)c2)[C@H](O)CNCc2ccc(C)cc2)cc1. The third-order valence-corrected chi connectivity index (χ3v) is 6.26. The number of hydrogen-bond donors (Lipinski definition) is 3. The molecule has 180 valence electrons. The predicted octanol–water partition coefficient (Wildman–Crippen LogP) is 4.42. The Morgan fingerprint density at radius 1 is 0.941 bits per heavy atom. The summed E-state index contributed by atoms with van der Waals surface area (Å²) in [6, 6.07) is 18.2. The van der Waals surface area contributed by atoms with Crippen LogP contribution >= 0.6 is 11.8 Å². The highest BCUT2D eigenvalue weighted by molar-refractivity contribution is 7.98. The lowest BCUT2D eigenvalue weighted by molar-refractivity contribution is -0.122. The number of nitrogens with one attached hydrogen (secondary N) is 2. The van der Waals surface area contributed by atoms with Gasteiger partial charge in [0.25, 0.3) is 0 Å². The van der Waals surface area contributed by atoms with Crippen LogP contribution in [-0.2, 0) is 24.2 Å². The molecular weight excluding hydrogens is 454 g/mol. The summed E-state index contributed by atoms with van der Waals surface area (Å²) < 4.78 is 27.4. The molecule has 0 saturated carbocycles. The molecule has 3 N–H and O–H groups in total. The molecule has 7 heteroatoms. The topological polar surface area (TPSA) is 61.4 Å². The second-order valence-corrected chi connectivity index (χ2v) is 9.24. The van der Waals surface area contributed by atoms with Gasteiger partial charge in [-0.15, -0.1) is 11.8 Å². The second-order valence-electron chi connectivity index (χ2n) is 8.36. The van der Waals surface area contributed by atoms with Crippen molar-refractivity contribution in [3.63, 3.8) is 0 Å². The molecule has 0 saturated heterocycles. The van der Waals surface area contributed by atoms with E-state index in [2.05, 4.69) is 10.6 Å². The van der Waals surface area contributed by atoms with E-state index >= 15 is 0 Å². The van der Waals surface area contributed by atoms with Crippen LogP contribution in [0.25, 0.3) is 0 Å². The minimum atomic E-state index is -0.959. The molecule has 0 heterocycles. The van der Waals surface area contributed by atoms with E-state index in [4.69, 9.17) is 0 Å². The van der Waals surface area contributed by atoms with Crippen LogP contribution in [0, 0.1) is 18.6 Å². The summed E-state index contributed by atoms with van der Waals surface area (Å²) in [6.07, 6.45) is 1.26. The van der Waals surface area contributed by atoms with Gasteiger partial charge in [-0.05, 0) is 60.6 Å². The molecule has 0 aromatic heterocycles. The van der Waals surface area contributed by atoms with Crippen LogP contribution in [0.1, 0.15) is 22.3 Å². The van der Waals surface area contributed by atoms with E-state index in [0.717, 1.165) is 27.7 Å². The van der Waals surface area contributed by atoms with Gasteiger partial charge in [0.15, 0.2) is 0 Å². The Hall–Kier alpha value is -2.74. The van der Waals surface area contributed by atoms with Crippen molar-refractivity contribution >= 4 is 17.7 Å². The first kappa shape index (κ1) is 25.9. The number of rotatable bonds is 11. The monoisotopic (exact) mass is 484 g/mol. The van der Waals surface area contributed by atoms with Crippen molar-refractivity contribution in [2.45, 2.75) is 43.4 Å². The van der Waals surface area contributed by atoms with Crippen LogP contribution in [0.3, 0.4) is 0 Å². The largest absolute Gasteiger partial charge is 0.390 e. The standard InChI is InChI=1S/C27H30F2N2O2S/c1-18-3-5-20(6-4-18)16-30-17-26(32)25(13-21-11-22(28)15-23(29)12-21)31-27(33)14-19-7-9-24(34-2)10-8-19/h3-12,15,25-26,30,32H,13-14,16-17H2,1-2H3,(H,31,33)/t25-,26+/m0/s1. The summed E-state index contributed by atoms with van der Waals surface area (Å²) in [5.41, 5.74) is 3.44. The van der Waals surface area contributed by atoms with Gasteiger partial charge in [0.1, 0.15) is 11.6 Å². The summed E-state index contributed by atoms with van der Waals surface area (Å²) in [6.45, 7) is 2.77. The maximum atomic E-state index is 13.7. The first-order chi connectivity index (χ1) is 16.3. The van der Waals surface area contributed by atoms with Crippen molar-refractivity contribution in [3.8, 4) is 0 Å². The van der Waals surface area contributed by atoms with Crippen LogP contribution in [0.15, 0.2) is 71.6 Å². The first-order valence-corrected chi connectivity index (χ1v) is 12.4. The maximum Gasteiger partial charge on any atom is 0.224 e. The zero-order valence-electron chi connectivity index (χ0n) is 19.4. The highest BCUT2D eigenvalue weighted by Crippen LogP contribution is 2.16. The number of benzene rings is 3. The minimum absolute atomic E-state index is 0.0964. The fraction of sp³-hybridized carbons (Fsp3) is 0.296. The average molecular weight is 485 g/mol. The summed E-state index contributed by atoms with van der Waals surface area (Å²) in [5, 5.41) is 16.9. The predicted molar refractivity (Wildman–Crippen MR) is 133 cm³/mol. The molecule has 3 aromatic rings. The summed E-state index contributed by atoms with van der Waals surface area (Å²) in [4.78, 5) is 13.8. The third kappa shape index (κ3) is 8.24. The van der Waals surface area contributed by atoms with E-state index in [1.165, 1.54) is 12.1 Å². The summed E-state index contributed by atoms with van der Waals surface area (Å²) in [5.74, 6) is -1.65. The van der Waals surface area contributed by atoms with Crippen molar-refractivity contribution in [2.24, 2.45) is 0 Å². The number of halogens is 2. The van der Waals surface area contributed by atoms with Crippen molar-refractivity contribution in [2.75, 3.05) is 12.8 Å². The molecule has 0 fully saturated rings. The fourth-order valence-electron chi connectivity index (χ4n) is 3.67. The number of thioether (sulfide) groups is 1. The van der Waals surface area contributed by atoms with Crippen molar-refractivity contribution < 1.29 is 18.7 Å². The molecule has 0 aliphatic carbocycles. The van der Waals surface area contributed by atoms with Crippen LogP contribution < -0.4 is 10.6 Å². The van der Waals surface area contributed by atoms with Gasteiger partial charge in [0, 0.05) is 24.1 Å². The molecule has 3 aromatic carbocycles. The number of aliphatic hydroxyl groups excluding tert-OH is 1. The van der Waals surface area contributed by atoms with Gasteiger partial charge in [0.05, 0.1) is 18.6 Å². The molecule has 0 bridgehead atoms. The summed E-state index contributed by atoms with van der Waals surface area (Å²) in [7, 11) is 0. The Bertz CT molecular complexity index is 1050. The molecule has 2 atom stereocenters. The minimum Gasteiger partial charge on any atom is -0.390 e. The van der Waals surface area contributed by atoms with Gasteiger partial charge in [-0.3, -0.25) is 4.79 Å². The van der Waals surface area contributed by atoms with E-state index < -0.39 is 23.8 Å². The molecule has 4 nitrogen and oxygen atoms in total. The lowest BCUT2D eigenvalue weighted by Gasteiger charge is -2.25. The molecule has 0 unspecified atom stereocenters. The van der Waals surface area contributed by atoms with Gasteiger partial charge >= 0.3 is 0 Å². The number of carbonyl (C=O) groups excluding carboxylic acids is 1. The third-order valence-electron chi connectivity index (χ3n) is 5.52. The Morgan fingerprint density at radius 2 is 1.56 bits per heavy atom. The summed E-state index contributed by atoms with van der Waals surface area (Å²) >= 11 is 1.62. The van der Waals surface area contributed by atoms with E-state index in [-0.39, 0.29) is 25.3 Å². The number of aryl methyl sites for hydroxylation is 1. The van der Waals surface area contributed by atoms with E-state index in [1.54, 1.807) is 11.8 Å². The first-order valence-electron chi connectivity index (χ1n) is 11.1. The maximum absolute atomic E-state index is 13.7. The smallest absolute Gasteiger partial charge is 0.224 e. The quantitative estimate of drug-likeness (QED) is 0.353. The molecule has 0 aliphatic heterocycles. The molecule has 3 rings (SSSR count). The van der Waals surface area contributed by atoms with Crippen molar-refractivity contribution in [1.82, 2.24) is 10.6 Å². The van der Waals surface area contributed by atoms with Gasteiger partial charge in [-0.25, -0.2) is 8.78 Å². The van der Waals surface area contributed by atoms with Crippen LogP contribution in [0.4, 0.5) is 8.78 Å². The number of carbonyl (C=O) groups is 1. The van der Waals surface area contributed by atoms with Crippen LogP contribution in [0.5, 0.6) is 0 Å². The Labute approximate surface area is 203 Å². The Kier molecular flexibility index (Phi) is 9.62. The number of amides is 1. The molecule has 0 aliphatic rings. The van der Waals surface area contributed by atoms with E-state index in [1.807, 2.05) is 61.7 Å². The molecule has 34 heavy (non-hydrogen) atoms. The fourth-order valence-corrected chi connectivity index (χ4v) is 4.07. The lowest BCUT2D eigenvalue weighted by Crippen LogP contribution is -2.49. The number of aliphatic hydroxyl groups is 1. The van der Waals surface area contributed by atoms with Crippen molar-refractivity contribution in [1.29, 1.82) is 0 Å². The van der Waals surface area contributed by atoms with Crippen molar-refractivity contribution in [3.05, 3.63) is 101 Å². The van der Waals surface area contributed by atoms with Gasteiger partial charge in [-0.1, -0.05) is 42.0 Å². The molecular formula is C27H30F2N2O2S. The van der Waals surface area contributed by atoms with Crippen LogP contribution in [0.2, 0.25) is 0 Å². The van der Waals surface area contributed by atoms with Crippen LogP contribution in [-0.4, -0.2) is 36.0 Å². The Balaban J connectivity index is 1.65. The van der Waals surface area contributed by atoms with E-state index in [9.17, 15) is 18.7 Å². The van der Waals surface area contributed by atoms with Gasteiger partial charge < -0.3 is 15.7 Å². The normalized spacial score (nSPS) is 12.9. The second kappa shape index (κ2) is 12.6. The number of hydrogen-bond acceptors (Lipinski definition) is 4.